The summed E-state index contributed by atoms with van der Waals surface area (Å²) in [6.07, 6.45) is 0.363. The van der Waals surface area contributed by atoms with Gasteiger partial charge in [0.15, 0.2) is 0 Å². The second-order valence-electron chi connectivity index (χ2n) is 7.40. The van der Waals surface area contributed by atoms with Crippen molar-refractivity contribution in [3.05, 3.63) is 60.2 Å². The molecule has 2 atom stereocenters. The molecule has 0 aliphatic rings. The fraction of sp³-hybridized carbons (Fsp3) is 0.333. The minimum absolute atomic E-state index is 0.0585. The second-order valence-corrected chi connectivity index (χ2v) is 9.08. The second kappa shape index (κ2) is 10.2. The van der Waals surface area contributed by atoms with Gasteiger partial charge in [-0.15, -0.1) is 0 Å². The molecule has 0 amide bonds. The van der Waals surface area contributed by atoms with Crippen LogP contribution in [0.25, 0.3) is 0 Å². The van der Waals surface area contributed by atoms with E-state index in [1.54, 1.807) is 30.3 Å². The van der Waals surface area contributed by atoms with Crippen LogP contribution in [0.1, 0.15) is 25.8 Å². The van der Waals surface area contributed by atoms with Crippen molar-refractivity contribution in [3.8, 4) is 0 Å². The van der Waals surface area contributed by atoms with Gasteiger partial charge in [0.1, 0.15) is 12.1 Å². The quantitative estimate of drug-likeness (QED) is 0.427. The molecule has 2 aromatic rings. The van der Waals surface area contributed by atoms with Gasteiger partial charge in [-0.2, -0.15) is 0 Å². The lowest BCUT2D eigenvalue weighted by Gasteiger charge is -2.22. The Bertz CT molecular complexity index is 959. The van der Waals surface area contributed by atoms with Gasteiger partial charge >= 0.3 is 11.9 Å². The van der Waals surface area contributed by atoms with Gasteiger partial charge in [-0.05, 0) is 48.6 Å². The van der Waals surface area contributed by atoms with Crippen molar-refractivity contribution in [2.24, 2.45) is 5.92 Å². The van der Waals surface area contributed by atoms with Crippen molar-refractivity contribution in [2.75, 3.05) is 4.72 Å². The van der Waals surface area contributed by atoms with Crippen molar-refractivity contribution in [2.45, 2.75) is 43.7 Å². The van der Waals surface area contributed by atoms with Crippen LogP contribution >= 0.6 is 0 Å². The number of carboxylic acid groups (broad SMARTS) is 2. The van der Waals surface area contributed by atoms with E-state index < -0.39 is 34.0 Å². The third kappa shape index (κ3) is 6.85. The monoisotopic (exact) mass is 434 g/mol. The van der Waals surface area contributed by atoms with Gasteiger partial charge in [0, 0.05) is 5.69 Å². The highest BCUT2D eigenvalue weighted by Gasteiger charge is 2.26. The molecule has 2 aromatic carbocycles. The molecule has 0 saturated heterocycles. The van der Waals surface area contributed by atoms with E-state index in [0.717, 1.165) is 0 Å². The Morgan fingerprint density at radius 1 is 0.900 bits per heavy atom. The lowest BCUT2D eigenvalue weighted by atomic mass is 10.0. The van der Waals surface area contributed by atoms with Crippen molar-refractivity contribution in [1.82, 2.24) is 5.32 Å². The molecule has 1 unspecified atom stereocenters. The molecule has 8 nitrogen and oxygen atoms in total. The molecule has 0 aliphatic carbocycles. The third-order valence-corrected chi connectivity index (χ3v) is 5.80. The average molecular weight is 435 g/mol. The van der Waals surface area contributed by atoms with Crippen LogP contribution in [0.2, 0.25) is 0 Å². The Kier molecular flexibility index (Phi) is 7.96. The van der Waals surface area contributed by atoms with Gasteiger partial charge < -0.3 is 10.2 Å². The van der Waals surface area contributed by atoms with Crippen LogP contribution in [0.15, 0.2) is 59.5 Å². The van der Waals surface area contributed by atoms with Crippen LogP contribution in [0.5, 0.6) is 0 Å². The lowest BCUT2D eigenvalue weighted by molar-refractivity contribution is -0.142. The van der Waals surface area contributed by atoms with Crippen molar-refractivity contribution in [3.63, 3.8) is 0 Å². The maximum absolute atomic E-state index is 12.4. The summed E-state index contributed by atoms with van der Waals surface area (Å²) in [7, 11) is -3.72. The van der Waals surface area contributed by atoms with E-state index in [9.17, 15) is 28.2 Å². The Balaban J connectivity index is 2.09. The van der Waals surface area contributed by atoms with E-state index in [1.807, 2.05) is 13.8 Å². The fourth-order valence-electron chi connectivity index (χ4n) is 2.93. The predicted molar refractivity (Wildman–Crippen MR) is 113 cm³/mol. The topological polar surface area (TPSA) is 133 Å². The summed E-state index contributed by atoms with van der Waals surface area (Å²) in [6, 6.07) is 12.2. The molecule has 0 fully saturated rings. The first-order valence-corrected chi connectivity index (χ1v) is 10.9. The van der Waals surface area contributed by atoms with Crippen LogP contribution in [0, 0.1) is 5.92 Å². The molecule has 0 aliphatic heterocycles. The number of nitrogens with one attached hydrogen (secondary N) is 2. The molecular formula is C21H26N2O6S. The SMILES string of the molecule is CC(C)C[C@H](NC(Cc1ccc(NS(=O)(=O)c2ccccc2)cc1)C(=O)O)C(=O)O. The number of anilines is 1. The summed E-state index contributed by atoms with van der Waals surface area (Å²) in [5, 5.41) is 21.5. The minimum atomic E-state index is -3.72. The number of hydrogen-bond acceptors (Lipinski definition) is 5. The van der Waals surface area contributed by atoms with Crippen LogP contribution in [-0.2, 0) is 26.0 Å². The number of carbonyl (C=O) groups is 2. The highest BCUT2D eigenvalue weighted by atomic mass is 32.2. The van der Waals surface area contributed by atoms with Gasteiger partial charge in [0.05, 0.1) is 4.90 Å². The Labute approximate surface area is 176 Å². The predicted octanol–water partition coefficient (Wildman–Crippen LogP) is 2.57. The molecule has 162 valence electrons. The number of rotatable bonds is 11. The zero-order chi connectivity index (χ0) is 22.3. The van der Waals surface area contributed by atoms with E-state index in [4.69, 9.17) is 0 Å². The van der Waals surface area contributed by atoms with Crippen LogP contribution in [0.3, 0.4) is 0 Å². The number of benzene rings is 2. The summed E-state index contributed by atoms with van der Waals surface area (Å²) >= 11 is 0. The number of sulfonamides is 1. The Hall–Kier alpha value is -2.91. The fourth-order valence-corrected chi connectivity index (χ4v) is 4.01. The van der Waals surface area contributed by atoms with Gasteiger partial charge in [-0.25, -0.2) is 8.42 Å². The van der Waals surface area contributed by atoms with Gasteiger partial charge in [-0.3, -0.25) is 19.6 Å². The van der Waals surface area contributed by atoms with E-state index >= 15 is 0 Å². The maximum atomic E-state index is 12.4. The highest BCUT2D eigenvalue weighted by molar-refractivity contribution is 7.92. The molecule has 0 aromatic heterocycles. The number of aliphatic carboxylic acids is 2. The van der Waals surface area contributed by atoms with E-state index in [0.29, 0.717) is 17.7 Å². The molecule has 0 radical (unpaired) electrons. The minimum Gasteiger partial charge on any atom is -0.480 e. The van der Waals surface area contributed by atoms with Crippen LogP contribution in [-0.4, -0.2) is 42.7 Å². The molecular weight excluding hydrogens is 408 g/mol. The molecule has 0 saturated carbocycles. The van der Waals surface area contributed by atoms with Gasteiger partial charge in [-0.1, -0.05) is 44.2 Å². The van der Waals surface area contributed by atoms with Crippen molar-refractivity contribution >= 4 is 27.6 Å². The normalized spacial score (nSPS) is 13.6. The zero-order valence-electron chi connectivity index (χ0n) is 16.8. The third-order valence-electron chi connectivity index (χ3n) is 4.41. The first-order valence-electron chi connectivity index (χ1n) is 9.47. The molecule has 9 heteroatoms. The van der Waals surface area contributed by atoms with Gasteiger partial charge in [0.2, 0.25) is 0 Å². The molecule has 0 bridgehead atoms. The van der Waals surface area contributed by atoms with Crippen molar-refractivity contribution in [1.29, 1.82) is 0 Å². The summed E-state index contributed by atoms with van der Waals surface area (Å²) in [5.41, 5.74) is 0.969. The first-order chi connectivity index (χ1) is 14.1. The zero-order valence-corrected chi connectivity index (χ0v) is 17.6. The van der Waals surface area contributed by atoms with E-state index in [1.165, 1.54) is 24.3 Å². The highest BCUT2D eigenvalue weighted by Crippen LogP contribution is 2.17. The van der Waals surface area contributed by atoms with E-state index in [2.05, 4.69) is 10.0 Å². The Morgan fingerprint density at radius 3 is 1.97 bits per heavy atom. The standard InChI is InChI=1S/C21H26N2O6S/c1-14(2)12-18(20(24)25)22-19(21(26)27)13-15-8-10-16(11-9-15)23-30(28,29)17-6-4-3-5-7-17/h3-11,14,18-19,22-23H,12-13H2,1-2H3,(H,24,25)(H,26,27)/t18-,19?/m0/s1. The van der Waals surface area contributed by atoms with E-state index in [-0.39, 0.29) is 17.2 Å². The molecule has 30 heavy (non-hydrogen) atoms. The summed E-state index contributed by atoms with van der Waals surface area (Å²) in [4.78, 5) is 23.2. The van der Waals surface area contributed by atoms with Crippen molar-refractivity contribution < 1.29 is 28.2 Å². The first kappa shape index (κ1) is 23.4. The van der Waals surface area contributed by atoms with Gasteiger partial charge in [0.25, 0.3) is 10.0 Å². The summed E-state index contributed by atoms with van der Waals surface area (Å²) in [5.74, 6) is -2.16. The Morgan fingerprint density at radius 2 is 1.47 bits per heavy atom. The number of hydrogen-bond donors (Lipinski definition) is 4. The molecule has 0 spiro atoms. The van der Waals surface area contributed by atoms with Crippen LogP contribution < -0.4 is 10.0 Å². The molecule has 0 heterocycles. The largest absolute Gasteiger partial charge is 0.480 e. The maximum Gasteiger partial charge on any atom is 0.321 e. The molecule has 2 rings (SSSR count). The lowest BCUT2D eigenvalue weighted by Crippen LogP contribution is -2.48. The average Bonchev–Trinajstić information content (AvgIpc) is 2.68. The number of carboxylic acids is 2. The summed E-state index contributed by atoms with van der Waals surface area (Å²) in [6.45, 7) is 3.73. The molecule has 4 N–H and O–H groups in total. The van der Waals surface area contributed by atoms with Crippen LogP contribution in [0.4, 0.5) is 5.69 Å². The summed E-state index contributed by atoms with van der Waals surface area (Å²) < 4.78 is 27.2. The smallest absolute Gasteiger partial charge is 0.321 e.